The number of ether oxygens (including phenoxy) is 2. The summed E-state index contributed by atoms with van der Waals surface area (Å²) in [6.45, 7) is 2.73. The topological polar surface area (TPSA) is 145 Å². The number of halogens is 3. The molecule has 0 spiro atoms. The molecule has 15 heteroatoms. The van der Waals surface area contributed by atoms with Gasteiger partial charge in [0.2, 0.25) is 5.88 Å². The van der Waals surface area contributed by atoms with E-state index < -0.39 is 29.6 Å². The maximum Gasteiger partial charge on any atom is 0.332 e. The highest BCUT2D eigenvalue weighted by molar-refractivity contribution is 6.36. The first kappa shape index (κ1) is 34.7. The number of aliphatic hydroxyl groups excluding tert-OH is 1. The molecular formula is C36H36ClF2N7O5. The van der Waals surface area contributed by atoms with Crippen molar-refractivity contribution in [3.63, 3.8) is 0 Å². The van der Waals surface area contributed by atoms with Crippen LogP contribution < -0.4 is 26.6 Å². The average molecular weight is 720 g/mol. The Bertz CT molecular complexity index is 2300. The summed E-state index contributed by atoms with van der Waals surface area (Å²) in [6, 6.07) is 13.0. The molecule has 3 N–H and O–H groups in total. The Morgan fingerprint density at radius 3 is 2.53 bits per heavy atom. The highest BCUT2D eigenvalue weighted by Gasteiger charge is 2.33. The molecule has 0 radical (unpaired) electrons. The maximum atomic E-state index is 13.9. The molecule has 3 aromatic heterocycles. The van der Waals surface area contributed by atoms with Gasteiger partial charge in [-0.15, -0.1) is 0 Å². The molecule has 1 fully saturated rings. The molecule has 1 aliphatic heterocycles. The first-order chi connectivity index (χ1) is 24.5. The third kappa shape index (κ3) is 6.15. The molecular weight excluding hydrogens is 684 g/mol. The number of fused-ring (bicyclic) bond motifs is 2. The van der Waals surface area contributed by atoms with E-state index in [4.69, 9.17) is 26.1 Å². The first-order valence-corrected chi connectivity index (χ1v) is 16.9. The van der Waals surface area contributed by atoms with Gasteiger partial charge in [0.25, 0.3) is 12.0 Å². The molecule has 0 saturated carbocycles. The van der Waals surface area contributed by atoms with Gasteiger partial charge in [0.05, 0.1) is 30.5 Å². The number of anilines is 2. The number of alkyl halides is 2. The molecule has 0 bridgehead atoms. The molecule has 0 unspecified atom stereocenters. The summed E-state index contributed by atoms with van der Waals surface area (Å²) in [5, 5.41) is 17.5. The lowest BCUT2D eigenvalue weighted by atomic mass is 9.96. The molecule has 51 heavy (non-hydrogen) atoms. The van der Waals surface area contributed by atoms with Crippen LogP contribution in [0, 0.1) is 6.92 Å². The van der Waals surface area contributed by atoms with Crippen LogP contribution >= 0.6 is 11.6 Å². The monoisotopic (exact) mass is 719 g/mol. The fourth-order valence-electron chi connectivity index (χ4n) is 7.03. The van der Waals surface area contributed by atoms with Gasteiger partial charge < -0.3 is 25.2 Å². The standard InChI is InChI=1S/C36H36ClF2N7O5/c1-17-19(7-6-10-22(17)41-31-28-33(44-32(43-31)30(38)39)45(2)36(49)46(3)35(28)48)20-8-5-9-21(29(20)37)25-15-18-11-12-24(27(18)34(42-25)50-4)40-23-13-14-51-16-26(23)47/h5-10,15,23-24,26,30,40,47H,11-14,16H2,1-4H3,(H,41,43,44)/t23-,24+,26-/m1/s1. The minimum atomic E-state index is -3.04. The van der Waals surface area contributed by atoms with Crippen molar-refractivity contribution in [1.82, 2.24) is 29.4 Å². The Kier molecular flexibility index (Phi) is 9.35. The van der Waals surface area contributed by atoms with Gasteiger partial charge in [0, 0.05) is 55.2 Å². The number of hydrogen-bond acceptors (Lipinski definition) is 10. The van der Waals surface area contributed by atoms with Gasteiger partial charge >= 0.3 is 5.69 Å². The van der Waals surface area contributed by atoms with Gasteiger partial charge in [0.1, 0.15) is 11.2 Å². The van der Waals surface area contributed by atoms with Crippen molar-refractivity contribution in [3.8, 4) is 28.3 Å². The van der Waals surface area contributed by atoms with Crippen LogP contribution in [-0.4, -0.2) is 61.7 Å². The van der Waals surface area contributed by atoms with E-state index in [1.807, 2.05) is 37.3 Å². The molecule has 7 rings (SSSR count). The van der Waals surface area contributed by atoms with E-state index in [2.05, 4.69) is 20.6 Å². The van der Waals surface area contributed by atoms with Crippen molar-refractivity contribution < 1.29 is 23.4 Å². The molecule has 2 aromatic carbocycles. The number of rotatable bonds is 8. The Morgan fingerprint density at radius 1 is 1.04 bits per heavy atom. The van der Waals surface area contributed by atoms with E-state index in [0.717, 1.165) is 38.7 Å². The highest BCUT2D eigenvalue weighted by atomic mass is 35.5. The largest absolute Gasteiger partial charge is 0.481 e. The Balaban J connectivity index is 1.26. The number of hydrogen-bond donors (Lipinski definition) is 3. The maximum absolute atomic E-state index is 13.9. The fourth-order valence-corrected chi connectivity index (χ4v) is 7.36. The average Bonchev–Trinajstić information content (AvgIpc) is 3.53. The SMILES string of the molecule is COc1nc(-c2cccc(-c3cccc(Nc4nc(C(F)F)nc5c4c(=O)n(C)c(=O)n5C)c3C)c2Cl)cc2c1[C@@H](N[C@@H]1CCOC[C@H]1O)CC2. The number of aliphatic hydroxyl groups is 1. The Labute approximate surface area is 296 Å². The Hall–Kier alpha value is -4.76. The van der Waals surface area contributed by atoms with Crippen LogP contribution in [0.2, 0.25) is 5.02 Å². The summed E-state index contributed by atoms with van der Waals surface area (Å²) >= 11 is 7.15. The third-order valence-electron chi connectivity index (χ3n) is 9.76. The number of nitrogens with zero attached hydrogens (tertiary/aromatic N) is 5. The van der Waals surface area contributed by atoms with E-state index in [0.29, 0.717) is 58.6 Å². The lowest BCUT2D eigenvalue weighted by Gasteiger charge is -2.31. The fraction of sp³-hybridized carbons (Fsp3) is 0.361. The van der Waals surface area contributed by atoms with Gasteiger partial charge in [-0.3, -0.25) is 13.9 Å². The van der Waals surface area contributed by atoms with Crippen LogP contribution in [0.25, 0.3) is 33.4 Å². The zero-order chi connectivity index (χ0) is 36.1. The second-order valence-corrected chi connectivity index (χ2v) is 13.2. The summed E-state index contributed by atoms with van der Waals surface area (Å²) in [4.78, 5) is 38.5. The second kappa shape index (κ2) is 13.8. The minimum absolute atomic E-state index is 0.0252. The van der Waals surface area contributed by atoms with Crippen LogP contribution in [0.3, 0.4) is 0 Å². The van der Waals surface area contributed by atoms with E-state index in [9.17, 15) is 23.5 Å². The van der Waals surface area contributed by atoms with Crippen LogP contribution in [0.15, 0.2) is 52.1 Å². The number of nitrogens with one attached hydrogen (secondary N) is 2. The third-order valence-corrected chi connectivity index (χ3v) is 10.2. The molecule has 0 amide bonds. The van der Waals surface area contributed by atoms with E-state index in [1.54, 1.807) is 19.2 Å². The van der Waals surface area contributed by atoms with Gasteiger partial charge in [0.15, 0.2) is 11.5 Å². The normalized spacial score (nSPS) is 18.7. The molecule has 1 aliphatic carbocycles. The van der Waals surface area contributed by atoms with E-state index in [-0.39, 0.29) is 28.9 Å². The van der Waals surface area contributed by atoms with Gasteiger partial charge in [-0.05, 0) is 55.0 Å². The van der Waals surface area contributed by atoms with Crippen LogP contribution in [-0.2, 0) is 25.3 Å². The first-order valence-electron chi connectivity index (χ1n) is 16.5. The van der Waals surface area contributed by atoms with Gasteiger partial charge in [-0.1, -0.05) is 41.9 Å². The van der Waals surface area contributed by atoms with Crippen LogP contribution in [0.1, 0.15) is 47.8 Å². The smallest absolute Gasteiger partial charge is 0.332 e. The van der Waals surface area contributed by atoms with Crippen molar-refractivity contribution in [2.45, 2.75) is 50.8 Å². The number of benzene rings is 2. The van der Waals surface area contributed by atoms with Crippen molar-refractivity contribution in [1.29, 1.82) is 0 Å². The molecule has 5 aromatic rings. The molecule has 12 nitrogen and oxygen atoms in total. The molecule has 266 valence electrons. The van der Waals surface area contributed by atoms with Crippen molar-refractivity contribution in [3.05, 3.63) is 90.8 Å². The van der Waals surface area contributed by atoms with Crippen LogP contribution in [0.4, 0.5) is 20.3 Å². The van der Waals surface area contributed by atoms with Crippen molar-refractivity contribution >= 4 is 34.1 Å². The van der Waals surface area contributed by atoms with Crippen molar-refractivity contribution in [2.24, 2.45) is 14.1 Å². The number of methoxy groups -OCH3 is 1. The number of aromatic nitrogens is 5. The highest BCUT2D eigenvalue weighted by Crippen LogP contribution is 2.43. The van der Waals surface area contributed by atoms with E-state index >= 15 is 0 Å². The number of pyridine rings is 1. The summed E-state index contributed by atoms with van der Waals surface area (Å²) in [6.07, 6.45) is -1.29. The predicted molar refractivity (Wildman–Crippen MR) is 189 cm³/mol. The predicted octanol–water partition coefficient (Wildman–Crippen LogP) is 5.13. The summed E-state index contributed by atoms with van der Waals surface area (Å²) in [7, 11) is 4.25. The molecule has 2 aliphatic rings. The van der Waals surface area contributed by atoms with Gasteiger partial charge in [-0.2, -0.15) is 0 Å². The lowest BCUT2D eigenvalue weighted by Crippen LogP contribution is -2.47. The zero-order valence-corrected chi connectivity index (χ0v) is 29.1. The minimum Gasteiger partial charge on any atom is -0.481 e. The van der Waals surface area contributed by atoms with Gasteiger partial charge in [-0.25, -0.2) is 28.5 Å². The second-order valence-electron chi connectivity index (χ2n) is 12.8. The summed E-state index contributed by atoms with van der Waals surface area (Å²) in [5.41, 5.74) is 4.39. The molecule has 3 atom stereocenters. The zero-order valence-electron chi connectivity index (χ0n) is 28.3. The lowest BCUT2D eigenvalue weighted by molar-refractivity contribution is -0.0304. The molecule has 1 saturated heterocycles. The van der Waals surface area contributed by atoms with Crippen molar-refractivity contribution in [2.75, 3.05) is 25.6 Å². The Morgan fingerprint density at radius 2 is 1.78 bits per heavy atom. The summed E-state index contributed by atoms with van der Waals surface area (Å²) in [5.74, 6) is -0.481. The molecule has 4 heterocycles. The summed E-state index contributed by atoms with van der Waals surface area (Å²) < 4.78 is 40.9. The van der Waals surface area contributed by atoms with E-state index in [1.165, 1.54) is 14.1 Å². The quantitative estimate of drug-likeness (QED) is 0.197. The van der Waals surface area contributed by atoms with Crippen LogP contribution in [0.5, 0.6) is 5.88 Å². The number of aryl methyl sites for hydroxylation is 2.